The summed E-state index contributed by atoms with van der Waals surface area (Å²) in [4.78, 5) is 2.72. The van der Waals surface area contributed by atoms with Crippen LogP contribution in [0.15, 0.2) is 48.5 Å². The fourth-order valence-corrected chi connectivity index (χ4v) is 4.95. The number of rotatable bonds is 4. The number of nitrogens with zero attached hydrogens (tertiary/aromatic N) is 1. The second kappa shape index (κ2) is 7.99. The molecular formula is C23H29N3S. The summed E-state index contributed by atoms with van der Waals surface area (Å²) >= 11 is 5.62. The Labute approximate surface area is 168 Å². The quantitative estimate of drug-likeness (QED) is 0.747. The number of nitrogens with one attached hydrogen (secondary N) is 2. The first-order valence-electron chi connectivity index (χ1n) is 10.0. The smallest absolute Gasteiger partial charge is 0.171 e. The number of thiocarbonyl (C=S) groups is 1. The Balaban J connectivity index is 1.34. The van der Waals surface area contributed by atoms with Crippen molar-refractivity contribution >= 4 is 23.0 Å². The van der Waals surface area contributed by atoms with E-state index in [1.54, 1.807) is 0 Å². The SMILES string of the molecule is Cc1cccc(NC(=S)NC2C[C@H]3CC[C@@H](C2)N3Cc2ccccc2)c1C. The molecule has 3 nitrogen and oxygen atoms in total. The van der Waals surface area contributed by atoms with E-state index in [1.165, 1.54) is 42.4 Å². The summed E-state index contributed by atoms with van der Waals surface area (Å²) in [6.45, 7) is 5.35. The number of anilines is 1. The van der Waals surface area contributed by atoms with Gasteiger partial charge in [0.15, 0.2) is 5.11 Å². The number of hydrogen-bond acceptors (Lipinski definition) is 2. The third-order valence-electron chi connectivity index (χ3n) is 6.28. The molecule has 142 valence electrons. The molecule has 3 atom stereocenters. The van der Waals surface area contributed by atoms with Gasteiger partial charge in [-0.2, -0.15) is 0 Å². The molecule has 27 heavy (non-hydrogen) atoms. The Morgan fingerprint density at radius 2 is 1.70 bits per heavy atom. The normalized spacial score (nSPS) is 24.6. The van der Waals surface area contributed by atoms with Gasteiger partial charge in [-0.3, -0.25) is 4.90 Å². The van der Waals surface area contributed by atoms with Crippen LogP contribution in [0.25, 0.3) is 0 Å². The number of piperidine rings is 1. The molecule has 4 heteroatoms. The topological polar surface area (TPSA) is 27.3 Å². The molecule has 2 aliphatic heterocycles. The summed E-state index contributed by atoms with van der Waals surface area (Å²) in [5, 5.41) is 7.75. The van der Waals surface area contributed by atoms with Crippen LogP contribution in [0, 0.1) is 13.8 Å². The van der Waals surface area contributed by atoms with Crippen LogP contribution in [0.5, 0.6) is 0 Å². The summed E-state index contributed by atoms with van der Waals surface area (Å²) in [5.74, 6) is 0. The Hall–Kier alpha value is -1.91. The van der Waals surface area contributed by atoms with Gasteiger partial charge in [0.1, 0.15) is 0 Å². The van der Waals surface area contributed by atoms with Gasteiger partial charge in [-0.1, -0.05) is 42.5 Å². The lowest BCUT2D eigenvalue weighted by molar-refractivity contribution is 0.115. The molecule has 1 unspecified atom stereocenters. The van der Waals surface area contributed by atoms with E-state index in [0.29, 0.717) is 18.1 Å². The van der Waals surface area contributed by atoms with E-state index in [1.807, 2.05) is 0 Å². The van der Waals surface area contributed by atoms with E-state index in [2.05, 4.69) is 77.9 Å². The van der Waals surface area contributed by atoms with Gasteiger partial charge >= 0.3 is 0 Å². The first-order valence-corrected chi connectivity index (χ1v) is 10.4. The van der Waals surface area contributed by atoms with Crippen molar-refractivity contribution in [3.8, 4) is 0 Å². The zero-order valence-corrected chi connectivity index (χ0v) is 17.1. The minimum Gasteiger partial charge on any atom is -0.360 e. The van der Waals surface area contributed by atoms with Crippen molar-refractivity contribution < 1.29 is 0 Å². The largest absolute Gasteiger partial charge is 0.360 e. The lowest BCUT2D eigenvalue weighted by Crippen LogP contribution is -2.50. The highest BCUT2D eigenvalue weighted by molar-refractivity contribution is 7.80. The van der Waals surface area contributed by atoms with Crippen molar-refractivity contribution in [3.63, 3.8) is 0 Å². The first kappa shape index (κ1) is 18.5. The maximum absolute atomic E-state index is 5.62. The summed E-state index contributed by atoms with van der Waals surface area (Å²) in [5.41, 5.74) is 5.08. The summed E-state index contributed by atoms with van der Waals surface area (Å²) in [6, 6.07) is 19.0. The van der Waals surface area contributed by atoms with Crippen LogP contribution in [0.4, 0.5) is 5.69 Å². The zero-order valence-electron chi connectivity index (χ0n) is 16.2. The van der Waals surface area contributed by atoms with Crippen LogP contribution in [0.2, 0.25) is 0 Å². The second-order valence-electron chi connectivity index (χ2n) is 8.06. The molecule has 2 bridgehead atoms. The van der Waals surface area contributed by atoms with Crippen LogP contribution < -0.4 is 10.6 Å². The molecule has 0 radical (unpaired) electrons. The fourth-order valence-electron chi connectivity index (χ4n) is 4.67. The summed E-state index contributed by atoms with van der Waals surface area (Å²) < 4.78 is 0. The molecule has 4 rings (SSSR count). The third kappa shape index (κ3) is 4.17. The Kier molecular flexibility index (Phi) is 5.46. The highest BCUT2D eigenvalue weighted by Crippen LogP contribution is 2.36. The lowest BCUT2D eigenvalue weighted by atomic mass is 9.96. The van der Waals surface area contributed by atoms with Crippen molar-refractivity contribution in [2.45, 2.75) is 64.2 Å². The molecule has 2 fully saturated rings. The third-order valence-corrected chi connectivity index (χ3v) is 6.50. The van der Waals surface area contributed by atoms with Crippen molar-refractivity contribution in [3.05, 3.63) is 65.2 Å². The van der Waals surface area contributed by atoms with E-state index in [0.717, 1.165) is 17.3 Å². The standard InChI is InChI=1S/C23H29N3S/c1-16-7-6-10-22(17(16)2)25-23(27)24-19-13-20-11-12-21(14-19)26(20)15-18-8-4-3-5-9-18/h3-10,19-21H,11-15H2,1-2H3,(H2,24,25,27)/t19?,20-,21+. The number of hydrogen-bond donors (Lipinski definition) is 2. The molecule has 0 aliphatic carbocycles. The molecule has 0 saturated carbocycles. The van der Waals surface area contributed by atoms with Crippen molar-refractivity contribution in [1.82, 2.24) is 10.2 Å². The van der Waals surface area contributed by atoms with Gasteiger partial charge in [-0.15, -0.1) is 0 Å². The summed E-state index contributed by atoms with van der Waals surface area (Å²) in [7, 11) is 0. The predicted octanol–water partition coefficient (Wildman–Crippen LogP) is 4.79. The molecule has 0 amide bonds. The van der Waals surface area contributed by atoms with Gasteiger partial charge in [0.05, 0.1) is 0 Å². The van der Waals surface area contributed by atoms with Crippen molar-refractivity contribution in [2.75, 3.05) is 5.32 Å². The monoisotopic (exact) mass is 379 g/mol. The van der Waals surface area contributed by atoms with Crippen molar-refractivity contribution in [1.29, 1.82) is 0 Å². The Bertz CT molecular complexity index is 791. The van der Waals surface area contributed by atoms with E-state index in [-0.39, 0.29) is 0 Å². The average Bonchev–Trinajstić information content (AvgIpc) is 2.88. The maximum atomic E-state index is 5.62. The molecule has 2 aromatic rings. The average molecular weight is 380 g/mol. The van der Waals surface area contributed by atoms with E-state index in [9.17, 15) is 0 Å². The first-order chi connectivity index (χ1) is 13.1. The fraction of sp³-hybridized carbons (Fsp3) is 0.435. The van der Waals surface area contributed by atoms with E-state index in [4.69, 9.17) is 12.2 Å². The van der Waals surface area contributed by atoms with Gasteiger partial charge in [-0.05, 0) is 74.5 Å². The van der Waals surface area contributed by atoms with Gasteiger partial charge in [0.25, 0.3) is 0 Å². The molecule has 2 aliphatic rings. The maximum Gasteiger partial charge on any atom is 0.171 e. The van der Waals surface area contributed by atoms with E-state index >= 15 is 0 Å². The van der Waals surface area contributed by atoms with Crippen LogP contribution in [-0.4, -0.2) is 28.1 Å². The zero-order chi connectivity index (χ0) is 18.8. The van der Waals surface area contributed by atoms with Crippen molar-refractivity contribution in [2.24, 2.45) is 0 Å². The van der Waals surface area contributed by atoms with Gasteiger partial charge in [0.2, 0.25) is 0 Å². The number of benzene rings is 2. The molecule has 0 spiro atoms. The van der Waals surface area contributed by atoms with Crippen LogP contribution in [0.1, 0.15) is 42.4 Å². The van der Waals surface area contributed by atoms with Crippen LogP contribution in [-0.2, 0) is 6.54 Å². The number of fused-ring (bicyclic) bond motifs is 2. The second-order valence-corrected chi connectivity index (χ2v) is 8.47. The van der Waals surface area contributed by atoms with Crippen LogP contribution in [0.3, 0.4) is 0 Å². The molecule has 2 saturated heterocycles. The highest BCUT2D eigenvalue weighted by atomic mass is 32.1. The molecular weight excluding hydrogens is 350 g/mol. The van der Waals surface area contributed by atoms with E-state index < -0.39 is 0 Å². The molecule has 2 N–H and O–H groups in total. The Morgan fingerprint density at radius 3 is 2.41 bits per heavy atom. The molecule has 2 heterocycles. The molecule has 0 aromatic heterocycles. The molecule has 2 aromatic carbocycles. The number of aryl methyl sites for hydroxylation is 1. The predicted molar refractivity (Wildman–Crippen MR) is 117 cm³/mol. The lowest BCUT2D eigenvalue weighted by Gasteiger charge is -2.39. The van der Waals surface area contributed by atoms with Gasteiger partial charge < -0.3 is 10.6 Å². The minimum absolute atomic E-state index is 0.472. The summed E-state index contributed by atoms with van der Waals surface area (Å²) in [6.07, 6.45) is 4.98. The van der Waals surface area contributed by atoms with Gasteiger partial charge in [0, 0.05) is 30.4 Å². The van der Waals surface area contributed by atoms with Gasteiger partial charge in [-0.25, -0.2) is 0 Å². The highest BCUT2D eigenvalue weighted by Gasteiger charge is 2.40. The Morgan fingerprint density at radius 1 is 1.00 bits per heavy atom. The minimum atomic E-state index is 0.472. The van der Waals surface area contributed by atoms with Crippen LogP contribution >= 0.6 is 12.2 Å².